The van der Waals surface area contributed by atoms with Gasteiger partial charge in [-0.25, -0.2) is 8.78 Å². The summed E-state index contributed by atoms with van der Waals surface area (Å²) in [6.45, 7) is 0.156. The highest BCUT2D eigenvalue weighted by Gasteiger charge is 2.17. The number of rotatable bonds is 6. The molecule has 0 radical (unpaired) electrons. The number of carbonyl (C=O) groups is 1. The number of amides is 1. The average Bonchev–Trinajstić information content (AvgIpc) is 2.53. The first-order valence-electron chi connectivity index (χ1n) is 7.04. The number of methoxy groups -OCH3 is 1. The summed E-state index contributed by atoms with van der Waals surface area (Å²) in [4.78, 5) is 11.9. The molecule has 122 valence electrons. The van der Waals surface area contributed by atoms with Crippen LogP contribution >= 0.6 is 0 Å². The van der Waals surface area contributed by atoms with Gasteiger partial charge in [0.15, 0.2) is 6.10 Å². The predicted octanol–water partition coefficient (Wildman–Crippen LogP) is 2.37. The molecular formula is C17H17F2NO3. The van der Waals surface area contributed by atoms with Crippen molar-refractivity contribution < 1.29 is 23.4 Å². The molecule has 0 spiro atoms. The highest BCUT2D eigenvalue weighted by atomic mass is 19.1. The molecule has 1 unspecified atom stereocenters. The first-order chi connectivity index (χ1) is 11.0. The lowest BCUT2D eigenvalue weighted by Gasteiger charge is -2.12. The first-order valence-corrected chi connectivity index (χ1v) is 7.04. The van der Waals surface area contributed by atoms with Gasteiger partial charge < -0.3 is 15.2 Å². The smallest absolute Gasteiger partial charge is 0.253 e. The molecule has 0 fully saturated rings. The van der Waals surface area contributed by atoms with E-state index in [2.05, 4.69) is 5.32 Å². The Hall–Kier alpha value is -2.47. The van der Waals surface area contributed by atoms with Gasteiger partial charge in [0, 0.05) is 12.6 Å². The Kier molecular flexibility index (Phi) is 5.65. The van der Waals surface area contributed by atoms with Crippen LogP contribution in [0, 0.1) is 11.6 Å². The number of aliphatic hydroxyl groups excluding tert-OH is 1. The molecule has 2 aromatic rings. The molecule has 1 amide bonds. The molecule has 0 heterocycles. The van der Waals surface area contributed by atoms with Crippen molar-refractivity contribution in [1.29, 1.82) is 0 Å². The third-order valence-electron chi connectivity index (χ3n) is 3.29. The molecule has 2 aromatic carbocycles. The zero-order valence-corrected chi connectivity index (χ0v) is 12.6. The predicted molar refractivity (Wildman–Crippen MR) is 81.0 cm³/mol. The Balaban J connectivity index is 1.91. The van der Waals surface area contributed by atoms with E-state index < -0.39 is 23.6 Å². The van der Waals surface area contributed by atoms with Crippen molar-refractivity contribution in [1.82, 2.24) is 5.32 Å². The Bertz CT molecular complexity index is 671. The summed E-state index contributed by atoms with van der Waals surface area (Å²) in [6.07, 6.45) is -1.08. The largest absolute Gasteiger partial charge is 0.497 e. The van der Waals surface area contributed by atoms with Gasteiger partial charge in [-0.2, -0.15) is 0 Å². The van der Waals surface area contributed by atoms with Gasteiger partial charge >= 0.3 is 0 Å². The van der Waals surface area contributed by atoms with Crippen LogP contribution in [0.25, 0.3) is 0 Å². The molecule has 2 rings (SSSR count). The standard InChI is InChI=1S/C17H17F2NO3/c1-23-15-4-2-3-12(9-15)16(21)17(22)20-6-5-11-7-13(18)10-14(19)8-11/h2-4,7-10,16,21H,5-6H2,1H3,(H,20,22). The van der Waals surface area contributed by atoms with E-state index in [9.17, 15) is 18.7 Å². The van der Waals surface area contributed by atoms with Crippen molar-refractivity contribution in [3.05, 3.63) is 65.2 Å². The summed E-state index contributed by atoms with van der Waals surface area (Å²) in [5, 5.41) is 12.5. The minimum Gasteiger partial charge on any atom is -0.497 e. The van der Waals surface area contributed by atoms with Crippen molar-refractivity contribution in [2.45, 2.75) is 12.5 Å². The number of halogens is 2. The van der Waals surface area contributed by atoms with Crippen LogP contribution in [0.4, 0.5) is 8.78 Å². The fourth-order valence-electron chi connectivity index (χ4n) is 2.14. The molecule has 0 aliphatic heterocycles. The highest BCUT2D eigenvalue weighted by Crippen LogP contribution is 2.19. The van der Waals surface area contributed by atoms with E-state index in [1.807, 2.05) is 0 Å². The molecule has 0 saturated heterocycles. The van der Waals surface area contributed by atoms with Crippen molar-refractivity contribution in [3.63, 3.8) is 0 Å². The monoisotopic (exact) mass is 321 g/mol. The van der Waals surface area contributed by atoms with Crippen LogP contribution in [-0.4, -0.2) is 24.7 Å². The normalized spacial score (nSPS) is 11.8. The molecule has 0 saturated carbocycles. The van der Waals surface area contributed by atoms with Crippen LogP contribution in [0.15, 0.2) is 42.5 Å². The van der Waals surface area contributed by atoms with Gasteiger partial charge in [0.25, 0.3) is 5.91 Å². The van der Waals surface area contributed by atoms with Gasteiger partial charge in [-0.1, -0.05) is 12.1 Å². The molecule has 2 N–H and O–H groups in total. The van der Waals surface area contributed by atoms with E-state index in [1.54, 1.807) is 24.3 Å². The SMILES string of the molecule is COc1cccc(C(O)C(=O)NCCc2cc(F)cc(F)c2)c1. The molecule has 1 atom stereocenters. The third-order valence-corrected chi connectivity index (χ3v) is 3.29. The minimum atomic E-state index is -1.34. The van der Waals surface area contributed by atoms with Crippen LogP contribution in [0.5, 0.6) is 5.75 Å². The maximum absolute atomic E-state index is 13.1. The second kappa shape index (κ2) is 7.69. The van der Waals surface area contributed by atoms with E-state index >= 15 is 0 Å². The summed E-state index contributed by atoms with van der Waals surface area (Å²) in [7, 11) is 1.49. The summed E-state index contributed by atoms with van der Waals surface area (Å²) >= 11 is 0. The van der Waals surface area contributed by atoms with Gasteiger partial charge in [-0.15, -0.1) is 0 Å². The molecule has 0 aromatic heterocycles. The van der Waals surface area contributed by atoms with Crippen LogP contribution in [0.1, 0.15) is 17.2 Å². The zero-order chi connectivity index (χ0) is 16.8. The second-order valence-electron chi connectivity index (χ2n) is 5.00. The van der Waals surface area contributed by atoms with Crippen molar-refractivity contribution in [3.8, 4) is 5.75 Å². The van der Waals surface area contributed by atoms with Gasteiger partial charge in [0.1, 0.15) is 17.4 Å². The van der Waals surface area contributed by atoms with Crippen molar-refractivity contribution >= 4 is 5.91 Å². The third kappa shape index (κ3) is 4.75. The Labute approximate surface area is 132 Å². The van der Waals surface area contributed by atoms with Gasteiger partial charge in [0.2, 0.25) is 0 Å². The van der Waals surface area contributed by atoms with Crippen LogP contribution in [0.3, 0.4) is 0 Å². The maximum Gasteiger partial charge on any atom is 0.253 e. The van der Waals surface area contributed by atoms with Gasteiger partial charge in [-0.05, 0) is 41.8 Å². The average molecular weight is 321 g/mol. The Morgan fingerprint density at radius 2 is 1.91 bits per heavy atom. The fourth-order valence-corrected chi connectivity index (χ4v) is 2.14. The second-order valence-corrected chi connectivity index (χ2v) is 5.00. The quantitative estimate of drug-likeness (QED) is 0.859. The first kappa shape index (κ1) is 16.9. The summed E-state index contributed by atoms with van der Waals surface area (Å²) in [5.74, 6) is -1.38. The number of benzene rings is 2. The number of nitrogens with one attached hydrogen (secondary N) is 1. The number of ether oxygens (including phenoxy) is 1. The lowest BCUT2D eigenvalue weighted by atomic mass is 10.1. The van der Waals surface area contributed by atoms with Crippen molar-refractivity contribution in [2.24, 2.45) is 0 Å². The number of aliphatic hydroxyl groups is 1. The van der Waals surface area contributed by atoms with Crippen LogP contribution in [0.2, 0.25) is 0 Å². The van der Waals surface area contributed by atoms with Crippen LogP contribution < -0.4 is 10.1 Å². The lowest BCUT2D eigenvalue weighted by Crippen LogP contribution is -2.31. The van der Waals surface area contributed by atoms with Gasteiger partial charge in [0.05, 0.1) is 7.11 Å². The molecule has 6 heteroatoms. The Morgan fingerprint density at radius 3 is 2.57 bits per heavy atom. The molecule has 4 nitrogen and oxygen atoms in total. The maximum atomic E-state index is 13.1. The van der Waals surface area contributed by atoms with E-state index in [1.165, 1.54) is 19.2 Å². The number of hydrogen-bond acceptors (Lipinski definition) is 3. The Morgan fingerprint density at radius 1 is 1.22 bits per heavy atom. The molecular weight excluding hydrogens is 304 g/mol. The van der Waals surface area contributed by atoms with Gasteiger partial charge in [-0.3, -0.25) is 4.79 Å². The lowest BCUT2D eigenvalue weighted by molar-refractivity contribution is -0.129. The van der Waals surface area contributed by atoms with Crippen molar-refractivity contribution in [2.75, 3.05) is 13.7 Å². The van der Waals surface area contributed by atoms with E-state index in [4.69, 9.17) is 4.74 Å². The number of hydrogen-bond donors (Lipinski definition) is 2. The van der Waals surface area contributed by atoms with E-state index in [0.717, 1.165) is 6.07 Å². The summed E-state index contributed by atoms with van der Waals surface area (Å²) < 4.78 is 31.1. The van der Waals surface area contributed by atoms with Crippen LogP contribution in [-0.2, 0) is 11.2 Å². The highest BCUT2D eigenvalue weighted by molar-refractivity contribution is 5.82. The molecule has 0 aliphatic carbocycles. The number of carbonyl (C=O) groups excluding carboxylic acids is 1. The van der Waals surface area contributed by atoms with E-state index in [0.29, 0.717) is 16.9 Å². The molecule has 0 bridgehead atoms. The summed E-state index contributed by atoms with van der Waals surface area (Å²) in [5.41, 5.74) is 0.831. The topological polar surface area (TPSA) is 58.6 Å². The zero-order valence-electron chi connectivity index (χ0n) is 12.6. The fraction of sp³-hybridized carbons (Fsp3) is 0.235. The summed E-state index contributed by atoms with van der Waals surface area (Å²) in [6, 6.07) is 9.73. The minimum absolute atomic E-state index is 0.156. The van der Waals surface area contributed by atoms with E-state index in [-0.39, 0.29) is 13.0 Å². The molecule has 23 heavy (non-hydrogen) atoms. The molecule has 0 aliphatic rings.